The third-order valence-corrected chi connectivity index (χ3v) is 2.50. The van der Waals surface area contributed by atoms with Gasteiger partial charge >= 0.3 is 0 Å². The minimum absolute atomic E-state index is 0.307. The van der Waals surface area contributed by atoms with Crippen LogP contribution in [0.2, 0.25) is 0 Å². The Bertz CT molecular complexity index is 529. The highest BCUT2D eigenvalue weighted by Gasteiger charge is 2.08. The van der Waals surface area contributed by atoms with Crippen molar-refractivity contribution in [3.63, 3.8) is 0 Å². The highest BCUT2D eigenvalue weighted by molar-refractivity contribution is 5.70. The number of hydrogen-bond donors (Lipinski definition) is 1. The molecule has 0 spiro atoms. The van der Waals surface area contributed by atoms with Crippen LogP contribution >= 0.6 is 0 Å². The highest BCUT2D eigenvalue weighted by atomic mass is 19.1. The fourth-order valence-electron chi connectivity index (χ4n) is 1.65. The Balaban J connectivity index is 2.54. The molecule has 0 saturated carbocycles. The molecule has 0 fully saturated rings. The maximum absolute atomic E-state index is 13.3. The highest BCUT2D eigenvalue weighted by Crippen LogP contribution is 2.30. The number of ether oxygens (including phenoxy) is 1. The first-order valence-electron chi connectivity index (χ1n) is 5.22. The number of pyridine rings is 1. The molecule has 88 valence electrons. The zero-order chi connectivity index (χ0) is 12.3. The summed E-state index contributed by atoms with van der Waals surface area (Å²) in [6.07, 6.45) is 3.35. The van der Waals surface area contributed by atoms with E-state index >= 15 is 0 Å². The van der Waals surface area contributed by atoms with Crippen molar-refractivity contribution in [3.8, 4) is 16.9 Å². The van der Waals surface area contributed by atoms with Gasteiger partial charge in [0.25, 0.3) is 0 Å². The van der Waals surface area contributed by atoms with Crippen molar-refractivity contribution in [1.29, 1.82) is 0 Å². The molecule has 0 amide bonds. The van der Waals surface area contributed by atoms with E-state index in [1.807, 2.05) is 6.07 Å². The molecule has 0 saturated heterocycles. The van der Waals surface area contributed by atoms with Crippen LogP contribution in [0.5, 0.6) is 5.75 Å². The van der Waals surface area contributed by atoms with Gasteiger partial charge in [0, 0.05) is 30.1 Å². The maximum Gasteiger partial charge on any atom is 0.126 e. The molecule has 0 aliphatic rings. The summed E-state index contributed by atoms with van der Waals surface area (Å²) in [6, 6.07) is 6.27. The molecule has 0 aliphatic heterocycles. The smallest absolute Gasteiger partial charge is 0.126 e. The lowest BCUT2D eigenvalue weighted by atomic mass is 10.0. The van der Waals surface area contributed by atoms with Crippen molar-refractivity contribution < 1.29 is 9.13 Å². The number of hydrogen-bond acceptors (Lipinski definition) is 3. The van der Waals surface area contributed by atoms with Crippen LogP contribution in [0.4, 0.5) is 4.39 Å². The molecule has 3 nitrogen and oxygen atoms in total. The second-order valence-corrected chi connectivity index (χ2v) is 3.63. The Morgan fingerprint density at radius 3 is 2.82 bits per heavy atom. The van der Waals surface area contributed by atoms with Crippen LogP contribution in [0.25, 0.3) is 11.1 Å². The van der Waals surface area contributed by atoms with Crippen molar-refractivity contribution in [2.45, 2.75) is 6.54 Å². The number of benzene rings is 1. The molecule has 0 radical (unpaired) electrons. The lowest BCUT2D eigenvalue weighted by Crippen LogP contribution is -1.97. The van der Waals surface area contributed by atoms with Gasteiger partial charge in [0.2, 0.25) is 0 Å². The first-order valence-corrected chi connectivity index (χ1v) is 5.22. The normalized spacial score (nSPS) is 10.3. The van der Waals surface area contributed by atoms with Gasteiger partial charge < -0.3 is 10.5 Å². The van der Waals surface area contributed by atoms with E-state index in [-0.39, 0.29) is 5.82 Å². The average Bonchev–Trinajstić information content (AvgIpc) is 2.39. The predicted molar refractivity (Wildman–Crippen MR) is 64.1 cm³/mol. The molecule has 1 aromatic heterocycles. The van der Waals surface area contributed by atoms with Gasteiger partial charge in [-0.1, -0.05) is 0 Å². The van der Waals surface area contributed by atoms with Gasteiger partial charge in [0.15, 0.2) is 0 Å². The molecule has 2 rings (SSSR count). The van der Waals surface area contributed by atoms with E-state index in [4.69, 9.17) is 10.5 Å². The number of halogens is 1. The predicted octanol–water partition coefficient (Wildman–Crippen LogP) is 2.35. The third-order valence-electron chi connectivity index (χ3n) is 2.50. The molecule has 0 bridgehead atoms. The lowest BCUT2D eigenvalue weighted by molar-refractivity contribution is 0.415. The van der Waals surface area contributed by atoms with Gasteiger partial charge in [0.05, 0.1) is 7.11 Å². The zero-order valence-corrected chi connectivity index (χ0v) is 9.48. The summed E-state index contributed by atoms with van der Waals surface area (Å²) < 4.78 is 18.5. The van der Waals surface area contributed by atoms with E-state index in [1.165, 1.54) is 12.1 Å². The van der Waals surface area contributed by atoms with E-state index in [0.717, 1.165) is 11.1 Å². The monoisotopic (exact) mass is 232 g/mol. The van der Waals surface area contributed by atoms with E-state index in [9.17, 15) is 4.39 Å². The SMILES string of the molecule is COc1ccc(F)cc1-c1cncc(CN)c1. The summed E-state index contributed by atoms with van der Waals surface area (Å²) in [4.78, 5) is 4.08. The molecular weight excluding hydrogens is 219 g/mol. The molecule has 2 N–H and O–H groups in total. The van der Waals surface area contributed by atoms with E-state index in [2.05, 4.69) is 4.98 Å². The standard InChI is InChI=1S/C13H13FN2O/c1-17-13-3-2-11(14)5-12(13)10-4-9(6-15)7-16-8-10/h2-5,7-8H,6,15H2,1H3. The summed E-state index contributed by atoms with van der Waals surface area (Å²) in [5.41, 5.74) is 7.92. The van der Waals surface area contributed by atoms with Gasteiger partial charge in [-0.15, -0.1) is 0 Å². The average molecular weight is 232 g/mol. The quantitative estimate of drug-likeness (QED) is 0.883. The third kappa shape index (κ3) is 2.42. The first kappa shape index (κ1) is 11.5. The molecule has 2 aromatic rings. The Hall–Kier alpha value is -1.94. The van der Waals surface area contributed by atoms with Gasteiger partial charge in [-0.05, 0) is 29.8 Å². The fraction of sp³-hybridized carbons (Fsp3) is 0.154. The maximum atomic E-state index is 13.3. The van der Waals surface area contributed by atoms with Crippen molar-refractivity contribution in [1.82, 2.24) is 4.98 Å². The van der Waals surface area contributed by atoms with Crippen LogP contribution in [0.3, 0.4) is 0 Å². The number of nitrogens with two attached hydrogens (primary N) is 1. The molecule has 1 aromatic carbocycles. The summed E-state index contributed by atoms with van der Waals surface area (Å²) >= 11 is 0. The van der Waals surface area contributed by atoms with Gasteiger partial charge in [-0.25, -0.2) is 4.39 Å². The van der Waals surface area contributed by atoms with Crippen LogP contribution in [0.1, 0.15) is 5.56 Å². The van der Waals surface area contributed by atoms with E-state index in [0.29, 0.717) is 17.9 Å². The van der Waals surface area contributed by atoms with Gasteiger partial charge in [0.1, 0.15) is 11.6 Å². The van der Waals surface area contributed by atoms with Crippen LogP contribution in [-0.2, 0) is 6.54 Å². The largest absolute Gasteiger partial charge is 0.496 e. The first-order chi connectivity index (χ1) is 8.24. The van der Waals surface area contributed by atoms with Crippen molar-refractivity contribution >= 4 is 0 Å². The number of methoxy groups -OCH3 is 1. The molecular formula is C13H13FN2O. The topological polar surface area (TPSA) is 48.1 Å². The Kier molecular flexibility index (Phi) is 3.35. The van der Waals surface area contributed by atoms with Crippen LogP contribution in [0.15, 0.2) is 36.7 Å². The number of rotatable bonds is 3. The molecule has 1 heterocycles. The van der Waals surface area contributed by atoms with E-state index < -0.39 is 0 Å². The Morgan fingerprint density at radius 1 is 1.29 bits per heavy atom. The second-order valence-electron chi connectivity index (χ2n) is 3.63. The fourth-order valence-corrected chi connectivity index (χ4v) is 1.65. The minimum atomic E-state index is -0.307. The van der Waals surface area contributed by atoms with Crippen molar-refractivity contribution in [2.75, 3.05) is 7.11 Å². The second kappa shape index (κ2) is 4.93. The summed E-state index contributed by atoms with van der Waals surface area (Å²) in [7, 11) is 1.55. The van der Waals surface area contributed by atoms with Gasteiger partial charge in [-0.2, -0.15) is 0 Å². The summed E-state index contributed by atoms with van der Waals surface area (Å²) in [5, 5.41) is 0. The van der Waals surface area contributed by atoms with Crippen molar-refractivity contribution in [2.24, 2.45) is 5.73 Å². The van der Waals surface area contributed by atoms with Crippen LogP contribution < -0.4 is 10.5 Å². The Labute approximate surface area is 99.1 Å². The number of nitrogens with zero attached hydrogens (tertiary/aromatic N) is 1. The van der Waals surface area contributed by atoms with Crippen LogP contribution in [-0.4, -0.2) is 12.1 Å². The molecule has 0 unspecified atom stereocenters. The van der Waals surface area contributed by atoms with E-state index in [1.54, 1.807) is 25.6 Å². The lowest BCUT2D eigenvalue weighted by Gasteiger charge is -2.09. The molecule has 4 heteroatoms. The minimum Gasteiger partial charge on any atom is -0.496 e. The summed E-state index contributed by atoms with van der Waals surface area (Å²) in [6.45, 7) is 0.401. The zero-order valence-electron chi connectivity index (χ0n) is 9.48. The Morgan fingerprint density at radius 2 is 2.12 bits per heavy atom. The number of aromatic nitrogens is 1. The summed E-state index contributed by atoms with van der Waals surface area (Å²) in [5.74, 6) is 0.307. The van der Waals surface area contributed by atoms with Crippen molar-refractivity contribution in [3.05, 3.63) is 48.0 Å². The molecule has 0 atom stereocenters. The van der Waals surface area contributed by atoms with Crippen LogP contribution in [0, 0.1) is 5.82 Å². The van der Waals surface area contributed by atoms with Gasteiger partial charge in [-0.3, -0.25) is 4.98 Å². The molecule has 0 aliphatic carbocycles. The molecule has 17 heavy (non-hydrogen) atoms.